The van der Waals surface area contributed by atoms with Crippen LogP contribution < -0.4 is 5.32 Å². The molecule has 1 aromatic rings. The van der Waals surface area contributed by atoms with Crippen molar-refractivity contribution in [3.05, 3.63) is 35.6 Å². The van der Waals surface area contributed by atoms with E-state index < -0.39 is 0 Å². The molecule has 3 aliphatic heterocycles. The van der Waals surface area contributed by atoms with E-state index in [1.54, 1.807) is 12.1 Å². The van der Waals surface area contributed by atoms with E-state index in [1.807, 2.05) is 16.7 Å². The highest BCUT2D eigenvalue weighted by Crippen LogP contribution is 2.41. The predicted octanol–water partition coefficient (Wildman–Crippen LogP) is 2.51. The van der Waals surface area contributed by atoms with Gasteiger partial charge in [0.25, 0.3) is 0 Å². The highest BCUT2D eigenvalue weighted by Gasteiger charge is 2.51. The zero-order chi connectivity index (χ0) is 20.4. The molecule has 29 heavy (non-hydrogen) atoms. The lowest BCUT2D eigenvalue weighted by Gasteiger charge is -2.55. The van der Waals surface area contributed by atoms with Gasteiger partial charge in [0.15, 0.2) is 0 Å². The number of rotatable bonds is 6. The van der Waals surface area contributed by atoms with Crippen LogP contribution in [0.5, 0.6) is 0 Å². The van der Waals surface area contributed by atoms with E-state index in [2.05, 4.69) is 16.5 Å². The van der Waals surface area contributed by atoms with E-state index in [-0.39, 0.29) is 35.6 Å². The lowest BCUT2D eigenvalue weighted by molar-refractivity contribution is -0.160. The van der Waals surface area contributed by atoms with Gasteiger partial charge >= 0.3 is 0 Å². The molecule has 0 aromatic heterocycles. The number of nitrogens with one attached hydrogen (secondary N) is 1. The molecule has 4 rings (SSSR count). The minimum atomic E-state index is -0.387. The predicted molar refractivity (Wildman–Crippen MR) is 113 cm³/mol. The van der Waals surface area contributed by atoms with Crippen molar-refractivity contribution in [1.82, 2.24) is 15.1 Å². The van der Waals surface area contributed by atoms with Crippen molar-refractivity contribution in [1.29, 1.82) is 0 Å². The number of hydrogen-bond donors (Lipinski definition) is 1. The van der Waals surface area contributed by atoms with Crippen LogP contribution in [0.4, 0.5) is 4.39 Å². The van der Waals surface area contributed by atoms with E-state index in [0.717, 1.165) is 50.2 Å². The van der Waals surface area contributed by atoms with Crippen LogP contribution >= 0.6 is 11.8 Å². The first-order chi connectivity index (χ1) is 14.1. The molecule has 1 N–H and O–H groups in total. The Morgan fingerprint density at radius 3 is 2.76 bits per heavy atom. The molecule has 2 bridgehead atoms. The molecule has 3 saturated heterocycles. The summed E-state index contributed by atoms with van der Waals surface area (Å²) >= 11 is 1.85. The molecule has 0 spiro atoms. The summed E-state index contributed by atoms with van der Waals surface area (Å²) in [5.41, 5.74) is 0.861. The average Bonchev–Trinajstić information content (AvgIpc) is 2.72. The Bertz CT molecular complexity index is 744. The molecular weight excluding hydrogens is 389 g/mol. The number of benzene rings is 1. The Kier molecular flexibility index (Phi) is 6.44. The van der Waals surface area contributed by atoms with E-state index in [0.29, 0.717) is 18.9 Å². The summed E-state index contributed by atoms with van der Waals surface area (Å²) in [6, 6.07) is 5.98. The second-order valence-electron chi connectivity index (χ2n) is 8.56. The second-order valence-corrected chi connectivity index (χ2v) is 9.54. The van der Waals surface area contributed by atoms with Gasteiger partial charge in [0.05, 0.1) is 0 Å². The molecule has 4 atom stereocenters. The van der Waals surface area contributed by atoms with E-state index >= 15 is 0 Å². The number of likely N-dealkylation sites (tertiary alicyclic amines) is 1. The summed E-state index contributed by atoms with van der Waals surface area (Å²) in [4.78, 5) is 30.5. The van der Waals surface area contributed by atoms with Gasteiger partial charge in [-0.2, -0.15) is 11.8 Å². The number of thioether (sulfide) groups is 1. The third-order valence-corrected chi connectivity index (χ3v) is 7.27. The maximum atomic E-state index is 13.3. The Morgan fingerprint density at radius 1 is 1.24 bits per heavy atom. The lowest BCUT2D eigenvalue weighted by Crippen LogP contribution is -2.68. The van der Waals surface area contributed by atoms with Crippen LogP contribution in [0.2, 0.25) is 0 Å². The number of piperidine rings is 3. The topological polar surface area (TPSA) is 52.7 Å². The molecule has 3 heterocycles. The van der Waals surface area contributed by atoms with E-state index in [1.165, 1.54) is 12.1 Å². The number of halogens is 1. The Balaban J connectivity index is 1.51. The molecule has 7 heteroatoms. The fourth-order valence-corrected chi connectivity index (χ4v) is 5.83. The van der Waals surface area contributed by atoms with Crippen molar-refractivity contribution < 1.29 is 14.0 Å². The molecule has 0 unspecified atom stereocenters. The summed E-state index contributed by atoms with van der Waals surface area (Å²) in [7, 11) is 0. The van der Waals surface area contributed by atoms with Gasteiger partial charge in [0.2, 0.25) is 11.8 Å². The molecule has 0 radical (unpaired) electrons. The second kappa shape index (κ2) is 9.04. The summed E-state index contributed by atoms with van der Waals surface area (Å²) in [5, 5.41) is 3.03. The van der Waals surface area contributed by atoms with Crippen LogP contribution in [0.25, 0.3) is 0 Å². The number of hydrogen-bond acceptors (Lipinski definition) is 4. The van der Waals surface area contributed by atoms with Crippen LogP contribution in [0.1, 0.15) is 31.2 Å². The first-order valence-corrected chi connectivity index (χ1v) is 12.0. The third-order valence-electron chi connectivity index (χ3n) is 6.68. The van der Waals surface area contributed by atoms with E-state index in [9.17, 15) is 14.0 Å². The molecule has 3 aliphatic rings. The summed E-state index contributed by atoms with van der Waals surface area (Å²) in [5.74, 6) is 1.53. The number of carbonyl (C=O) groups excluding carboxylic acids is 2. The molecule has 0 saturated carbocycles. The fraction of sp³-hybridized carbons (Fsp3) is 0.636. The molecule has 5 nitrogen and oxygen atoms in total. The first kappa shape index (κ1) is 20.7. The molecule has 0 aliphatic carbocycles. The van der Waals surface area contributed by atoms with Gasteiger partial charge in [-0.25, -0.2) is 4.39 Å². The highest BCUT2D eigenvalue weighted by atomic mass is 32.2. The maximum Gasteiger partial charge on any atom is 0.243 e. The molecule has 2 amide bonds. The largest absolute Gasteiger partial charge is 0.350 e. The highest BCUT2D eigenvalue weighted by molar-refractivity contribution is 7.98. The summed E-state index contributed by atoms with van der Waals surface area (Å²) in [6.45, 7) is 3.31. The van der Waals surface area contributed by atoms with Crippen LogP contribution in [-0.2, 0) is 16.1 Å². The van der Waals surface area contributed by atoms with Gasteiger partial charge in [0, 0.05) is 50.3 Å². The van der Waals surface area contributed by atoms with Crippen molar-refractivity contribution in [3.63, 3.8) is 0 Å². The Hall–Kier alpha value is -1.60. The van der Waals surface area contributed by atoms with Crippen molar-refractivity contribution in [2.75, 3.05) is 31.6 Å². The van der Waals surface area contributed by atoms with Gasteiger partial charge < -0.3 is 15.1 Å². The number of carbonyl (C=O) groups is 2. The van der Waals surface area contributed by atoms with Crippen LogP contribution in [0, 0.1) is 17.7 Å². The quantitative estimate of drug-likeness (QED) is 0.770. The third kappa shape index (κ3) is 4.45. The summed E-state index contributed by atoms with van der Waals surface area (Å²) < 4.78 is 13.1. The Morgan fingerprint density at radius 2 is 2.00 bits per heavy atom. The van der Waals surface area contributed by atoms with Gasteiger partial charge in [0.1, 0.15) is 11.9 Å². The van der Waals surface area contributed by atoms with Gasteiger partial charge in [-0.05, 0) is 49.1 Å². The van der Waals surface area contributed by atoms with Crippen molar-refractivity contribution in [2.45, 2.75) is 44.3 Å². The van der Waals surface area contributed by atoms with Crippen molar-refractivity contribution >= 4 is 23.6 Å². The molecule has 1 aromatic carbocycles. The van der Waals surface area contributed by atoms with Gasteiger partial charge in [-0.1, -0.05) is 12.1 Å². The molecular formula is C22H30FN3O2S. The smallest absolute Gasteiger partial charge is 0.243 e. The van der Waals surface area contributed by atoms with Crippen molar-refractivity contribution in [2.24, 2.45) is 11.8 Å². The maximum absolute atomic E-state index is 13.3. The van der Waals surface area contributed by atoms with Crippen LogP contribution in [0.3, 0.4) is 0 Å². The zero-order valence-electron chi connectivity index (χ0n) is 17.0. The monoisotopic (exact) mass is 419 g/mol. The average molecular weight is 420 g/mol. The van der Waals surface area contributed by atoms with E-state index in [4.69, 9.17) is 0 Å². The zero-order valence-corrected chi connectivity index (χ0v) is 17.8. The SMILES string of the molecule is CSCCN1C[C@H]2C[C@@H](C1)[C@H](C(=O)NCc1ccc(F)cc1)N1C(=O)CCC[C@@H]21. The minimum Gasteiger partial charge on any atom is -0.350 e. The van der Waals surface area contributed by atoms with Gasteiger partial charge in [-0.3, -0.25) is 9.59 Å². The Labute approximate surface area is 176 Å². The number of fused-ring (bicyclic) bond motifs is 4. The molecule has 3 fully saturated rings. The number of amides is 2. The lowest BCUT2D eigenvalue weighted by atomic mass is 9.71. The fourth-order valence-electron chi connectivity index (χ4n) is 5.39. The van der Waals surface area contributed by atoms with Gasteiger partial charge in [-0.15, -0.1) is 0 Å². The first-order valence-electron chi connectivity index (χ1n) is 10.6. The molecule has 158 valence electrons. The number of nitrogens with zero attached hydrogens (tertiary/aromatic N) is 2. The van der Waals surface area contributed by atoms with Crippen LogP contribution in [-0.4, -0.2) is 65.3 Å². The van der Waals surface area contributed by atoms with Crippen LogP contribution in [0.15, 0.2) is 24.3 Å². The standard InChI is InChI=1S/C22H30FN3O2S/c1-29-10-9-25-13-16-11-17(14-25)21(26-19(16)3-2-4-20(26)27)22(28)24-12-15-5-7-18(23)8-6-15/h5-8,16-17,19,21H,2-4,9-14H2,1H3,(H,24,28)/t16-,17+,19+,21-/m1/s1. The van der Waals surface area contributed by atoms with Crippen molar-refractivity contribution in [3.8, 4) is 0 Å². The summed E-state index contributed by atoms with van der Waals surface area (Å²) in [6.07, 6.45) is 5.63. The minimum absolute atomic E-state index is 0.0651. The normalized spacial score (nSPS) is 29.4.